The standard InChI is InChI=1S/C17H15N3O3S/c1-20-16(22)13-8-7-12(9-14(13)18-17(20)24)15(21)19-23-10-11-5-3-2-4-6-11/h2-9H,10H2,1H3,(H,18,24)(H,19,21). The number of hydrogen-bond donors (Lipinski definition) is 2. The van der Waals surface area contributed by atoms with Gasteiger partial charge in [0.05, 0.1) is 17.5 Å². The Balaban J connectivity index is 1.77. The number of nitrogens with one attached hydrogen (secondary N) is 2. The van der Waals surface area contributed by atoms with Crippen LogP contribution in [0, 0.1) is 4.77 Å². The number of H-pyrrole nitrogens is 1. The van der Waals surface area contributed by atoms with Gasteiger partial charge >= 0.3 is 0 Å². The molecule has 0 bridgehead atoms. The Morgan fingerprint density at radius 3 is 2.75 bits per heavy atom. The summed E-state index contributed by atoms with van der Waals surface area (Å²) in [5.41, 5.74) is 4.01. The van der Waals surface area contributed by atoms with Crippen molar-refractivity contribution in [3.8, 4) is 0 Å². The molecule has 1 amide bonds. The van der Waals surface area contributed by atoms with Gasteiger partial charge in [0, 0.05) is 12.6 Å². The van der Waals surface area contributed by atoms with Crippen molar-refractivity contribution in [1.29, 1.82) is 0 Å². The first-order valence-electron chi connectivity index (χ1n) is 7.25. The molecule has 3 rings (SSSR count). The van der Waals surface area contributed by atoms with E-state index < -0.39 is 5.91 Å². The zero-order valence-corrected chi connectivity index (χ0v) is 13.7. The van der Waals surface area contributed by atoms with Gasteiger partial charge in [-0.1, -0.05) is 30.3 Å². The molecule has 7 heteroatoms. The highest BCUT2D eigenvalue weighted by Crippen LogP contribution is 2.10. The summed E-state index contributed by atoms with van der Waals surface area (Å²) in [7, 11) is 1.60. The average molecular weight is 341 g/mol. The molecule has 122 valence electrons. The minimum Gasteiger partial charge on any atom is -0.332 e. The Hall–Kier alpha value is -2.77. The predicted molar refractivity (Wildman–Crippen MR) is 93.1 cm³/mol. The van der Waals surface area contributed by atoms with E-state index in [2.05, 4.69) is 10.5 Å². The summed E-state index contributed by atoms with van der Waals surface area (Å²) in [6.07, 6.45) is 0. The Bertz CT molecular complexity index is 1010. The van der Waals surface area contributed by atoms with Crippen LogP contribution in [0.1, 0.15) is 15.9 Å². The summed E-state index contributed by atoms with van der Waals surface area (Å²) in [5.74, 6) is -0.396. The molecule has 2 aromatic carbocycles. The fraction of sp³-hybridized carbons (Fsp3) is 0.118. The fourth-order valence-electron chi connectivity index (χ4n) is 2.27. The van der Waals surface area contributed by atoms with Crippen LogP contribution in [-0.4, -0.2) is 15.5 Å². The molecule has 0 aliphatic carbocycles. The summed E-state index contributed by atoms with van der Waals surface area (Å²) >= 11 is 5.08. The highest BCUT2D eigenvalue weighted by molar-refractivity contribution is 7.71. The zero-order valence-electron chi connectivity index (χ0n) is 12.9. The molecule has 0 unspecified atom stereocenters. The van der Waals surface area contributed by atoms with Crippen molar-refractivity contribution in [2.45, 2.75) is 6.61 Å². The van der Waals surface area contributed by atoms with E-state index in [1.807, 2.05) is 30.3 Å². The van der Waals surface area contributed by atoms with E-state index in [9.17, 15) is 9.59 Å². The summed E-state index contributed by atoms with van der Waals surface area (Å²) in [4.78, 5) is 32.4. The lowest BCUT2D eigenvalue weighted by molar-refractivity contribution is 0.0233. The molecule has 0 aliphatic heterocycles. The van der Waals surface area contributed by atoms with E-state index in [-0.39, 0.29) is 12.2 Å². The topological polar surface area (TPSA) is 76.1 Å². The number of hydroxylamine groups is 1. The molecule has 1 aromatic heterocycles. The van der Waals surface area contributed by atoms with E-state index >= 15 is 0 Å². The third-order valence-corrected chi connectivity index (χ3v) is 3.99. The van der Waals surface area contributed by atoms with Gasteiger partial charge in [-0.3, -0.25) is 19.0 Å². The highest BCUT2D eigenvalue weighted by Gasteiger charge is 2.09. The van der Waals surface area contributed by atoms with Crippen LogP contribution < -0.4 is 11.0 Å². The number of amides is 1. The van der Waals surface area contributed by atoms with E-state index in [0.29, 0.717) is 21.2 Å². The molecule has 1 heterocycles. The second-order valence-corrected chi connectivity index (χ2v) is 5.65. The zero-order chi connectivity index (χ0) is 17.1. The molecule has 0 atom stereocenters. The number of aromatic amines is 1. The van der Waals surface area contributed by atoms with Gasteiger partial charge in [-0.25, -0.2) is 5.48 Å². The summed E-state index contributed by atoms with van der Waals surface area (Å²) < 4.78 is 1.64. The van der Waals surface area contributed by atoms with Crippen molar-refractivity contribution in [3.05, 3.63) is 74.8 Å². The first kappa shape index (κ1) is 16.1. The van der Waals surface area contributed by atoms with Crippen molar-refractivity contribution in [2.24, 2.45) is 7.05 Å². The molecule has 6 nitrogen and oxygen atoms in total. The monoisotopic (exact) mass is 341 g/mol. The van der Waals surface area contributed by atoms with Crippen LogP contribution in [0.3, 0.4) is 0 Å². The molecular weight excluding hydrogens is 326 g/mol. The molecule has 24 heavy (non-hydrogen) atoms. The number of carbonyl (C=O) groups is 1. The number of hydrogen-bond acceptors (Lipinski definition) is 4. The minimum atomic E-state index is -0.396. The lowest BCUT2D eigenvalue weighted by Gasteiger charge is -2.07. The molecular formula is C17H15N3O3S. The van der Waals surface area contributed by atoms with Crippen LogP contribution in [0.4, 0.5) is 0 Å². The van der Waals surface area contributed by atoms with Crippen LogP contribution >= 0.6 is 12.2 Å². The largest absolute Gasteiger partial charge is 0.332 e. The van der Waals surface area contributed by atoms with Crippen molar-refractivity contribution in [3.63, 3.8) is 0 Å². The van der Waals surface area contributed by atoms with Gasteiger partial charge in [-0.05, 0) is 36.0 Å². The van der Waals surface area contributed by atoms with Gasteiger partial charge in [-0.2, -0.15) is 0 Å². The van der Waals surface area contributed by atoms with E-state index in [1.54, 1.807) is 25.2 Å². The number of carbonyl (C=O) groups excluding carboxylic acids is 1. The van der Waals surface area contributed by atoms with E-state index in [4.69, 9.17) is 17.1 Å². The second kappa shape index (κ2) is 6.77. The van der Waals surface area contributed by atoms with Gasteiger partial charge in [0.1, 0.15) is 0 Å². The number of fused-ring (bicyclic) bond motifs is 1. The molecule has 0 radical (unpaired) electrons. The molecule has 0 fully saturated rings. The van der Waals surface area contributed by atoms with Crippen molar-refractivity contribution in [1.82, 2.24) is 15.0 Å². The number of aromatic nitrogens is 2. The summed E-state index contributed by atoms with van der Waals surface area (Å²) in [5, 5.41) is 0.466. The molecule has 3 aromatic rings. The van der Waals surface area contributed by atoms with E-state index in [0.717, 1.165) is 5.56 Å². The Labute approximate surface area is 142 Å². The van der Waals surface area contributed by atoms with E-state index in [1.165, 1.54) is 4.57 Å². The van der Waals surface area contributed by atoms with Crippen LogP contribution in [0.15, 0.2) is 53.3 Å². The summed E-state index contributed by atoms with van der Waals surface area (Å²) in [6.45, 7) is 0.267. The maximum Gasteiger partial charge on any atom is 0.274 e. The highest BCUT2D eigenvalue weighted by atomic mass is 32.1. The van der Waals surface area contributed by atoms with Crippen LogP contribution in [0.25, 0.3) is 10.9 Å². The Morgan fingerprint density at radius 2 is 2.00 bits per heavy atom. The smallest absolute Gasteiger partial charge is 0.274 e. The fourth-order valence-corrected chi connectivity index (χ4v) is 2.46. The average Bonchev–Trinajstić information content (AvgIpc) is 2.60. The Kier molecular flexibility index (Phi) is 4.54. The number of nitrogens with zero attached hydrogens (tertiary/aromatic N) is 1. The minimum absolute atomic E-state index is 0.207. The van der Waals surface area contributed by atoms with Crippen LogP contribution in [0.5, 0.6) is 0 Å². The van der Waals surface area contributed by atoms with Crippen LogP contribution in [-0.2, 0) is 18.5 Å². The summed E-state index contributed by atoms with van der Waals surface area (Å²) in [6, 6.07) is 14.2. The van der Waals surface area contributed by atoms with Gasteiger partial charge in [0.2, 0.25) is 0 Å². The quantitative estimate of drug-likeness (QED) is 0.565. The third kappa shape index (κ3) is 3.27. The SMILES string of the molecule is Cn1c(=S)[nH]c2cc(C(=O)NOCc3ccccc3)ccc2c1=O. The number of benzene rings is 2. The molecule has 0 aliphatic rings. The molecule has 2 N–H and O–H groups in total. The third-order valence-electron chi connectivity index (χ3n) is 3.61. The molecule has 0 spiro atoms. The maximum absolute atomic E-state index is 12.2. The van der Waals surface area contributed by atoms with Gasteiger partial charge in [0.25, 0.3) is 11.5 Å². The van der Waals surface area contributed by atoms with Gasteiger partial charge in [-0.15, -0.1) is 0 Å². The molecule has 0 saturated carbocycles. The van der Waals surface area contributed by atoms with Crippen molar-refractivity contribution < 1.29 is 9.63 Å². The lowest BCUT2D eigenvalue weighted by Crippen LogP contribution is -2.24. The number of rotatable bonds is 4. The molecule has 0 saturated heterocycles. The van der Waals surface area contributed by atoms with Crippen molar-refractivity contribution >= 4 is 29.0 Å². The first-order valence-corrected chi connectivity index (χ1v) is 7.66. The first-order chi connectivity index (χ1) is 11.6. The second-order valence-electron chi connectivity index (χ2n) is 5.26. The van der Waals surface area contributed by atoms with Gasteiger partial charge in [0.15, 0.2) is 4.77 Å². The van der Waals surface area contributed by atoms with Crippen molar-refractivity contribution in [2.75, 3.05) is 0 Å². The van der Waals surface area contributed by atoms with Gasteiger partial charge < -0.3 is 4.98 Å². The maximum atomic E-state index is 12.2. The normalized spacial score (nSPS) is 10.7. The lowest BCUT2D eigenvalue weighted by atomic mass is 10.1. The van der Waals surface area contributed by atoms with Crippen LogP contribution in [0.2, 0.25) is 0 Å². The predicted octanol–water partition coefficient (Wildman–Crippen LogP) is 2.46. The Morgan fingerprint density at radius 1 is 1.25 bits per heavy atom.